The fourth-order valence-corrected chi connectivity index (χ4v) is 2.83. The van der Waals surface area contributed by atoms with Gasteiger partial charge in [0.15, 0.2) is 0 Å². The van der Waals surface area contributed by atoms with E-state index in [0.717, 1.165) is 11.1 Å². The number of pyridine rings is 1. The Morgan fingerprint density at radius 3 is 2.65 bits per heavy atom. The van der Waals surface area contributed by atoms with Gasteiger partial charge in [-0.05, 0) is 49.6 Å². The fraction of sp³-hybridized carbons (Fsp3) is 0.316. The third kappa shape index (κ3) is 5.28. The van der Waals surface area contributed by atoms with Crippen molar-refractivity contribution < 1.29 is 14.3 Å². The standard InChI is InChI=1S/C19H22ClN3O3/c1-12-9-13(2)17(15(20)10-12)23-18(24)14-5-7-21-16(11-14)19(25)22-6-4-8-26-3/h5,7,9-11H,4,6,8H2,1-3H3,(H,22,25)(H,23,24). The van der Waals surface area contributed by atoms with Crippen molar-refractivity contribution >= 4 is 29.1 Å². The molecule has 7 heteroatoms. The summed E-state index contributed by atoms with van der Waals surface area (Å²) in [7, 11) is 1.60. The Morgan fingerprint density at radius 1 is 1.19 bits per heavy atom. The summed E-state index contributed by atoms with van der Waals surface area (Å²) in [4.78, 5) is 28.7. The first kappa shape index (κ1) is 19.9. The maximum absolute atomic E-state index is 12.5. The molecule has 0 aliphatic carbocycles. The van der Waals surface area contributed by atoms with Crippen molar-refractivity contribution in [3.8, 4) is 0 Å². The first-order valence-electron chi connectivity index (χ1n) is 8.23. The molecule has 0 saturated carbocycles. The molecule has 2 amide bonds. The van der Waals surface area contributed by atoms with Crippen molar-refractivity contribution in [1.82, 2.24) is 10.3 Å². The van der Waals surface area contributed by atoms with Crippen molar-refractivity contribution in [2.45, 2.75) is 20.3 Å². The predicted octanol–water partition coefficient (Wildman–Crippen LogP) is 3.37. The first-order chi connectivity index (χ1) is 12.4. The molecule has 1 aromatic carbocycles. The molecule has 6 nitrogen and oxygen atoms in total. The number of aromatic nitrogens is 1. The van der Waals surface area contributed by atoms with E-state index in [9.17, 15) is 9.59 Å². The van der Waals surface area contributed by atoms with Crippen LogP contribution in [0.2, 0.25) is 5.02 Å². The average molecular weight is 376 g/mol. The number of halogens is 1. The quantitative estimate of drug-likeness (QED) is 0.727. The van der Waals surface area contributed by atoms with E-state index in [1.807, 2.05) is 19.9 Å². The largest absolute Gasteiger partial charge is 0.385 e. The van der Waals surface area contributed by atoms with Crippen molar-refractivity contribution in [2.75, 3.05) is 25.6 Å². The molecule has 1 heterocycles. The average Bonchev–Trinajstić information content (AvgIpc) is 2.61. The summed E-state index contributed by atoms with van der Waals surface area (Å²) >= 11 is 6.23. The molecule has 0 atom stereocenters. The highest BCUT2D eigenvalue weighted by Crippen LogP contribution is 2.27. The molecule has 0 aliphatic rings. The Balaban J connectivity index is 2.10. The zero-order valence-corrected chi connectivity index (χ0v) is 15.8. The van der Waals surface area contributed by atoms with Crippen LogP contribution < -0.4 is 10.6 Å². The molecular formula is C19H22ClN3O3. The van der Waals surface area contributed by atoms with Gasteiger partial charge in [-0.2, -0.15) is 0 Å². The van der Waals surface area contributed by atoms with Gasteiger partial charge < -0.3 is 15.4 Å². The highest BCUT2D eigenvalue weighted by molar-refractivity contribution is 6.34. The van der Waals surface area contributed by atoms with Gasteiger partial charge in [0.05, 0.1) is 10.7 Å². The number of carbonyl (C=O) groups is 2. The highest BCUT2D eigenvalue weighted by Gasteiger charge is 2.14. The summed E-state index contributed by atoms with van der Waals surface area (Å²) in [5.74, 6) is -0.685. The Hall–Kier alpha value is -2.44. The lowest BCUT2D eigenvalue weighted by Gasteiger charge is -2.12. The maximum Gasteiger partial charge on any atom is 0.269 e. The van der Waals surface area contributed by atoms with Crippen molar-refractivity contribution in [3.05, 3.63) is 57.9 Å². The van der Waals surface area contributed by atoms with Crippen molar-refractivity contribution in [2.24, 2.45) is 0 Å². The Kier molecular flexibility index (Phi) is 7.12. The lowest BCUT2D eigenvalue weighted by molar-refractivity contribution is 0.0943. The van der Waals surface area contributed by atoms with Gasteiger partial charge in [-0.25, -0.2) is 0 Å². The van der Waals surface area contributed by atoms with E-state index in [1.54, 1.807) is 19.2 Å². The van der Waals surface area contributed by atoms with Gasteiger partial charge in [0.1, 0.15) is 5.69 Å². The molecule has 0 bridgehead atoms. The SMILES string of the molecule is COCCCNC(=O)c1cc(C(=O)Nc2c(C)cc(C)cc2Cl)ccn1. The molecule has 138 valence electrons. The number of nitrogens with zero attached hydrogens (tertiary/aromatic N) is 1. The van der Waals surface area contributed by atoms with E-state index in [2.05, 4.69) is 15.6 Å². The van der Waals surface area contributed by atoms with E-state index >= 15 is 0 Å². The summed E-state index contributed by atoms with van der Waals surface area (Å²) < 4.78 is 4.93. The van der Waals surface area contributed by atoms with Gasteiger partial charge in [0.2, 0.25) is 0 Å². The van der Waals surface area contributed by atoms with E-state index in [4.69, 9.17) is 16.3 Å². The minimum absolute atomic E-state index is 0.182. The Bertz CT molecular complexity index is 785. The molecule has 1 aromatic heterocycles. The number of amides is 2. The molecular weight excluding hydrogens is 354 g/mol. The van der Waals surface area contributed by atoms with Gasteiger partial charge in [-0.3, -0.25) is 14.6 Å². The van der Waals surface area contributed by atoms with Crippen LogP contribution in [0.25, 0.3) is 0 Å². The number of aryl methyl sites for hydroxylation is 2. The molecule has 0 spiro atoms. The van der Waals surface area contributed by atoms with Gasteiger partial charge in [0, 0.05) is 32.0 Å². The molecule has 0 fully saturated rings. The molecule has 0 aliphatic heterocycles. The summed E-state index contributed by atoms with van der Waals surface area (Å²) in [5, 5.41) is 6.01. The number of nitrogens with one attached hydrogen (secondary N) is 2. The number of hydrogen-bond donors (Lipinski definition) is 2. The number of rotatable bonds is 7. The molecule has 0 radical (unpaired) electrons. The predicted molar refractivity (Wildman–Crippen MR) is 102 cm³/mol. The number of hydrogen-bond acceptors (Lipinski definition) is 4. The lowest BCUT2D eigenvalue weighted by atomic mass is 10.1. The number of ether oxygens (including phenoxy) is 1. The van der Waals surface area contributed by atoms with Crippen molar-refractivity contribution in [1.29, 1.82) is 0 Å². The second kappa shape index (κ2) is 9.31. The maximum atomic E-state index is 12.5. The van der Waals surface area contributed by atoms with Crippen LogP contribution in [0.4, 0.5) is 5.69 Å². The van der Waals surface area contributed by atoms with Crippen LogP contribution in [0, 0.1) is 13.8 Å². The lowest BCUT2D eigenvalue weighted by Crippen LogP contribution is -2.26. The third-order valence-corrected chi connectivity index (χ3v) is 4.03. The topological polar surface area (TPSA) is 80.3 Å². The van der Waals surface area contributed by atoms with Crippen LogP contribution in [0.15, 0.2) is 30.5 Å². The van der Waals surface area contributed by atoms with Crippen LogP contribution in [-0.2, 0) is 4.74 Å². The van der Waals surface area contributed by atoms with E-state index in [0.29, 0.717) is 35.8 Å². The number of benzene rings is 1. The van der Waals surface area contributed by atoms with Gasteiger partial charge in [0.25, 0.3) is 11.8 Å². The van der Waals surface area contributed by atoms with Crippen LogP contribution in [0.3, 0.4) is 0 Å². The second-order valence-corrected chi connectivity index (χ2v) is 6.33. The molecule has 0 saturated heterocycles. The molecule has 0 unspecified atom stereocenters. The van der Waals surface area contributed by atoms with Crippen LogP contribution in [-0.4, -0.2) is 37.1 Å². The third-order valence-electron chi connectivity index (χ3n) is 3.74. The summed E-state index contributed by atoms with van der Waals surface area (Å²) in [6, 6.07) is 6.73. The normalized spacial score (nSPS) is 10.5. The zero-order valence-electron chi connectivity index (χ0n) is 15.1. The summed E-state index contributed by atoms with van der Waals surface area (Å²) in [6.07, 6.45) is 2.14. The second-order valence-electron chi connectivity index (χ2n) is 5.92. The minimum Gasteiger partial charge on any atom is -0.385 e. The number of methoxy groups -OCH3 is 1. The van der Waals surface area contributed by atoms with Crippen LogP contribution in [0.1, 0.15) is 38.4 Å². The zero-order chi connectivity index (χ0) is 19.1. The molecule has 2 aromatic rings. The number of anilines is 1. The van der Waals surface area contributed by atoms with Crippen LogP contribution in [0.5, 0.6) is 0 Å². The molecule has 26 heavy (non-hydrogen) atoms. The van der Waals surface area contributed by atoms with E-state index in [1.165, 1.54) is 12.3 Å². The molecule has 2 rings (SSSR count). The smallest absolute Gasteiger partial charge is 0.269 e. The monoisotopic (exact) mass is 375 g/mol. The Labute approximate surface area is 157 Å². The van der Waals surface area contributed by atoms with Crippen LogP contribution >= 0.6 is 11.6 Å². The van der Waals surface area contributed by atoms with Gasteiger partial charge in [-0.15, -0.1) is 0 Å². The van der Waals surface area contributed by atoms with Gasteiger partial charge >= 0.3 is 0 Å². The first-order valence-corrected chi connectivity index (χ1v) is 8.61. The molecule has 2 N–H and O–H groups in total. The highest BCUT2D eigenvalue weighted by atomic mass is 35.5. The summed E-state index contributed by atoms with van der Waals surface area (Å²) in [6.45, 7) is 4.85. The van der Waals surface area contributed by atoms with E-state index in [-0.39, 0.29) is 17.5 Å². The minimum atomic E-state index is -0.352. The van der Waals surface area contributed by atoms with E-state index < -0.39 is 0 Å². The fourth-order valence-electron chi connectivity index (χ4n) is 2.46. The Morgan fingerprint density at radius 2 is 1.96 bits per heavy atom. The number of carbonyl (C=O) groups excluding carboxylic acids is 2. The van der Waals surface area contributed by atoms with Crippen molar-refractivity contribution in [3.63, 3.8) is 0 Å². The summed E-state index contributed by atoms with van der Waals surface area (Å²) in [5.41, 5.74) is 2.96. The van der Waals surface area contributed by atoms with Gasteiger partial charge in [-0.1, -0.05) is 17.7 Å².